The van der Waals surface area contributed by atoms with Gasteiger partial charge in [0.05, 0.1) is 0 Å². The van der Waals surface area contributed by atoms with Crippen molar-refractivity contribution in [1.82, 2.24) is 9.97 Å². The van der Waals surface area contributed by atoms with Gasteiger partial charge in [0.15, 0.2) is 5.82 Å². The van der Waals surface area contributed by atoms with Crippen LogP contribution in [0.3, 0.4) is 0 Å². The molecule has 0 N–H and O–H groups in total. The summed E-state index contributed by atoms with van der Waals surface area (Å²) in [6.45, 7) is 6.99. The Labute approximate surface area is 137 Å². The van der Waals surface area contributed by atoms with Crippen LogP contribution in [0.15, 0.2) is 0 Å². The Morgan fingerprint density at radius 1 is 1.24 bits per heavy atom. The van der Waals surface area contributed by atoms with Crippen LogP contribution >= 0.6 is 23.2 Å². The van der Waals surface area contributed by atoms with Crippen molar-refractivity contribution in [2.75, 3.05) is 6.61 Å². The van der Waals surface area contributed by atoms with Crippen LogP contribution in [-0.4, -0.2) is 16.6 Å². The minimum Gasteiger partial charge on any atom is -0.367 e. The Balaban J connectivity index is 2.41. The minimum atomic E-state index is -0.426. The normalized spacial score (nSPS) is 26.0. The highest BCUT2D eigenvalue weighted by Gasteiger charge is 2.40. The maximum absolute atomic E-state index is 6.34. The molecule has 2 unspecified atom stereocenters. The summed E-state index contributed by atoms with van der Waals surface area (Å²) in [6.07, 6.45) is 5.98. The molecule has 118 valence electrons. The summed E-state index contributed by atoms with van der Waals surface area (Å²) in [4.78, 5) is 9.09. The second kappa shape index (κ2) is 7.26. The number of ether oxygens (including phenoxy) is 1. The maximum Gasteiger partial charge on any atom is 0.163 e. The summed E-state index contributed by atoms with van der Waals surface area (Å²) in [5.41, 5.74) is 0.421. The third kappa shape index (κ3) is 3.69. The molecule has 1 aliphatic carbocycles. The predicted octanol–water partition coefficient (Wildman–Crippen LogP) is 5.18. The molecule has 3 nitrogen and oxygen atoms in total. The second-order valence-corrected chi connectivity index (χ2v) is 6.70. The van der Waals surface area contributed by atoms with Crippen LogP contribution in [0.4, 0.5) is 0 Å². The molecule has 5 heteroatoms. The second-order valence-electron chi connectivity index (χ2n) is 5.99. The van der Waals surface area contributed by atoms with E-state index >= 15 is 0 Å². The van der Waals surface area contributed by atoms with Crippen molar-refractivity contribution in [3.8, 4) is 0 Å². The maximum atomic E-state index is 6.34. The smallest absolute Gasteiger partial charge is 0.163 e. The van der Waals surface area contributed by atoms with Crippen molar-refractivity contribution in [1.29, 1.82) is 0 Å². The number of nitrogens with zero attached hydrogens (tertiary/aromatic N) is 2. The fourth-order valence-corrected chi connectivity index (χ4v) is 3.85. The Bertz CT molecular complexity index is 468. The fourth-order valence-electron chi connectivity index (χ4n) is 3.27. The first-order valence-electron chi connectivity index (χ1n) is 7.88. The Kier molecular flexibility index (Phi) is 5.87. The van der Waals surface area contributed by atoms with Crippen molar-refractivity contribution in [2.24, 2.45) is 5.92 Å². The van der Waals surface area contributed by atoms with Gasteiger partial charge in [0, 0.05) is 12.2 Å². The SMILES string of the molecule is CCCc1c(Cl)nc(C2(OCC)CCCC(C)C2)nc1Cl. The van der Waals surface area contributed by atoms with Gasteiger partial charge in [0.1, 0.15) is 15.9 Å². The van der Waals surface area contributed by atoms with Crippen LogP contribution in [0.5, 0.6) is 0 Å². The van der Waals surface area contributed by atoms with Crippen molar-refractivity contribution in [2.45, 2.75) is 64.9 Å². The average Bonchev–Trinajstić information content (AvgIpc) is 2.43. The molecule has 1 saturated carbocycles. The lowest BCUT2D eigenvalue weighted by atomic mass is 9.78. The molecule has 21 heavy (non-hydrogen) atoms. The van der Waals surface area contributed by atoms with Crippen LogP contribution in [0.2, 0.25) is 10.3 Å². The largest absolute Gasteiger partial charge is 0.367 e. The molecule has 0 aromatic carbocycles. The molecule has 1 heterocycles. The first-order valence-corrected chi connectivity index (χ1v) is 8.64. The molecule has 1 aromatic heterocycles. The van der Waals surface area contributed by atoms with E-state index in [1.807, 2.05) is 6.92 Å². The number of rotatable bonds is 5. The monoisotopic (exact) mass is 330 g/mol. The number of hydrogen-bond donors (Lipinski definition) is 0. The van der Waals surface area contributed by atoms with E-state index in [9.17, 15) is 0 Å². The zero-order valence-corrected chi connectivity index (χ0v) is 14.6. The van der Waals surface area contributed by atoms with Crippen molar-refractivity contribution >= 4 is 23.2 Å². The Morgan fingerprint density at radius 2 is 1.90 bits per heavy atom. The first kappa shape index (κ1) is 17.0. The molecule has 2 rings (SSSR count). The van der Waals surface area contributed by atoms with E-state index < -0.39 is 5.60 Å². The van der Waals surface area contributed by atoms with Gasteiger partial charge in [-0.2, -0.15) is 0 Å². The Hall–Kier alpha value is -0.380. The summed E-state index contributed by atoms with van der Waals surface area (Å²) >= 11 is 12.7. The number of aromatic nitrogens is 2. The van der Waals surface area contributed by atoms with Gasteiger partial charge in [-0.15, -0.1) is 0 Å². The van der Waals surface area contributed by atoms with Gasteiger partial charge in [-0.05, 0) is 38.5 Å². The lowest BCUT2D eigenvalue weighted by Crippen LogP contribution is -2.37. The quantitative estimate of drug-likeness (QED) is 0.698. The fraction of sp³-hybridized carbons (Fsp3) is 0.750. The van der Waals surface area contributed by atoms with Gasteiger partial charge < -0.3 is 4.74 Å². The zero-order valence-electron chi connectivity index (χ0n) is 13.1. The van der Waals surface area contributed by atoms with E-state index in [2.05, 4.69) is 23.8 Å². The molecular weight excluding hydrogens is 307 g/mol. The molecule has 0 radical (unpaired) electrons. The summed E-state index contributed by atoms with van der Waals surface area (Å²) in [6, 6.07) is 0. The topological polar surface area (TPSA) is 35.0 Å². The summed E-state index contributed by atoms with van der Waals surface area (Å²) in [5.74, 6) is 1.26. The van der Waals surface area contributed by atoms with E-state index in [-0.39, 0.29) is 0 Å². The zero-order chi connectivity index (χ0) is 15.5. The van der Waals surface area contributed by atoms with Crippen LogP contribution < -0.4 is 0 Å². The highest BCUT2D eigenvalue weighted by molar-refractivity contribution is 6.34. The highest BCUT2D eigenvalue weighted by atomic mass is 35.5. The van der Waals surface area contributed by atoms with E-state index in [1.165, 1.54) is 6.42 Å². The van der Waals surface area contributed by atoms with Gasteiger partial charge in [-0.1, -0.05) is 49.9 Å². The van der Waals surface area contributed by atoms with Gasteiger partial charge in [0.2, 0.25) is 0 Å². The van der Waals surface area contributed by atoms with E-state index in [0.29, 0.717) is 28.7 Å². The van der Waals surface area contributed by atoms with Gasteiger partial charge >= 0.3 is 0 Å². The van der Waals surface area contributed by atoms with E-state index in [4.69, 9.17) is 27.9 Å². The molecule has 0 spiro atoms. The van der Waals surface area contributed by atoms with Crippen LogP contribution in [0.25, 0.3) is 0 Å². The van der Waals surface area contributed by atoms with Gasteiger partial charge in [-0.3, -0.25) is 0 Å². The van der Waals surface area contributed by atoms with Crippen LogP contribution in [0.1, 0.15) is 64.3 Å². The number of hydrogen-bond acceptors (Lipinski definition) is 3. The van der Waals surface area contributed by atoms with Crippen molar-refractivity contribution in [3.05, 3.63) is 21.7 Å². The molecule has 1 aromatic rings. The summed E-state index contributed by atoms with van der Waals surface area (Å²) < 4.78 is 6.09. The standard InChI is InChI=1S/C16H24Cl2N2O/c1-4-7-12-13(17)19-15(20-14(12)18)16(21-5-2)9-6-8-11(3)10-16/h11H,4-10H2,1-3H3. The lowest BCUT2D eigenvalue weighted by molar-refractivity contribution is -0.0881. The van der Waals surface area contributed by atoms with Crippen molar-refractivity contribution in [3.63, 3.8) is 0 Å². The average molecular weight is 331 g/mol. The third-order valence-electron chi connectivity index (χ3n) is 4.19. The first-order chi connectivity index (χ1) is 10.0. The van der Waals surface area contributed by atoms with Gasteiger partial charge in [0.25, 0.3) is 0 Å². The highest BCUT2D eigenvalue weighted by Crippen LogP contribution is 2.42. The summed E-state index contributed by atoms with van der Waals surface area (Å²) in [5, 5.41) is 0.952. The lowest BCUT2D eigenvalue weighted by Gasteiger charge is -2.38. The minimum absolute atomic E-state index is 0.426. The molecule has 1 fully saturated rings. The Morgan fingerprint density at radius 3 is 2.43 bits per heavy atom. The molecule has 0 bridgehead atoms. The molecule has 1 aliphatic rings. The molecule has 0 aliphatic heterocycles. The third-order valence-corrected chi connectivity index (χ3v) is 4.82. The van der Waals surface area contributed by atoms with E-state index in [1.54, 1.807) is 0 Å². The molecule has 2 atom stereocenters. The van der Waals surface area contributed by atoms with Crippen LogP contribution in [-0.2, 0) is 16.8 Å². The van der Waals surface area contributed by atoms with E-state index in [0.717, 1.165) is 37.7 Å². The van der Waals surface area contributed by atoms with Crippen molar-refractivity contribution < 1.29 is 4.74 Å². The summed E-state index contributed by atoms with van der Waals surface area (Å²) in [7, 11) is 0. The molecular formula is C16H24Cl2N2O. The molecule has 0 saturated heterocycles. The van der Waals surface area contributed by atoms with Gasteiger partial charge in [-0.25, -0.2) is 9.97 Å². The predicted molar refractivity (Wildman–Crippen MR) is 87.0 cm³/mol. The molecule has 0 amide bonds. The van der Waals surface area contributed by atoms with Crippen LogP contribution in [0, 0.1) is 5.92 Å². The number of halogens is 2.